The second-order valence-electron chi connectivity index (χ2n) is 3.54. The maximum Gasteiger partial charge on any atom is 0.337 e. The second kappa shape index (κ2) is 10.8. The summed E-state index contributed by atoms with van der Waals surface area (Å²) in [5, 5.41) is 7.60. The molecule has 0 unspecified atom stereocenters. The Labute approximate surface area is 128 Å². The van der Waals surface area contributed by atoms with Crippen molar-refractivity contribution in [3.63, 3.8) is 0 Å². The summed E-state index contributed by atoms with van der Waals surface area (Å²) in [4.78, 5) is 73.0. The minimum Gasteiger partial charge on any atom is -0.480 e. The minimum atomic E-state index is -4.55. The fourth-order valence-electron chi connectivity index (χ4n) is 0.480. The van der Waals surface area contributed by atoms with Crippen LogP contribution in [0, 0.1) is 0 Å². The molecule has 142 valence electrons. The van der Waals surface area contributed by atoms with Crippen molar-refractivity contribution in [1.82, 2.24) is 0 Å². The molecule has 0 heterocycles. The number of hydrogen-bond acceptors (Lipinski definition) is 6. The van der Waals surface area contributed by atoms with Gasteiger partial charge in [0.2, 0.25) is 0 Å². The molecular formula is C4H17NO14P4. The van der Waals surface area contributed by atoms with Crippen molar-refractivity contribution in [2.45, 2.75) is 0 Å². The number of carboxylic acid groups (broad SMARTS) is 1. The molecule has 0 aromatic rings. The van der Waals surface area contributed by atoms with E-state index in [0.717, 1.165) is 0 Å². The summed E-state index contributed by atoms with van der Waals surface area (Å²) >= 11 is 0. The number of nitrogens with two attached hydrogens (primary N) is 1. The van der Waals surface area contributed by atoms with E-state index >= 15 is 0 Å². The number of aliphatic carboxylic acids is 1. The van der Waals surface area contributed by atoms with Gasteiger partial charge in [0.15, 0.2) is 11.8 Å². The standard InChI is InChI=1S/C2H5NO2.2CH6O6P2/c3-1-2(4)5;2*2-8(3,4)1-9(5,6)7/h1,3H2,(H,4,5);2*1H2,(H2,2,3,4)(H2,5,6,7). The molecular weight excluding hydrogens is 410 g/mol. The highest BCUT2D eigenvalue weighted by Crippen LogP contribution is 2.52. The smallest absolute Gasteiger partial charge is 0.337 e. The molecule has 15 nitrogen and oxygen atoms in total. The molecule has 11 N–H and O–H groups in total. The topological polar surface area (TPSA) is 293 Å². The summed E-state index contributed by atoms with van der Waals surface area (Å²) in [6.07, 6.45) is 0. The van der Waals surface area contributed by atoms with Crippen LogP contribution >= 0.6 is 30.4 Å². The van der Waals surface area contributed by atoms with Gasteiger partial charge in [-0.1, -0.05) is 0 Å². The van der Waals surface area contributed by atoms with Crippen LogP contribution in [-0.2, 0) is 23.1 Å². The van der Waals surface area contributed by atoms with Crippen LogP contribution in [0.1, 0.15) is 0 Å². The molecule has 0 spiro atoms. The molecule has 0 aromatic carbocycles. The molecule has 19 heteroatoms. The molecule has 0 fully saturated rings. The third kappa shape index (κ3) is 44.9. The maximum atomic E-state index is 9.85. The van der Waals surface area contributed by atoms with Crippen molar-refractivity contribution in [2.24, 2.45) is 5.73 Å². The third-order valence-corrected chi connectivity index (χ3v) is 6.81. The first kappa shape index (κ1) is 27.9. The monoisotopic (exact) mass is 427 g/mol. The second-order valence-corrected chi connectivity index (χ2v) is 11.1. The normalized spacial score (nSPS) is 12.4. The third-order valence-electron chi connectivity index (χ3n) is 0.912. The van der Waals surface area contributed by atoms with E-state index in [9.17, 15) is 23.1 Å². The molecule has 0 amide bonds. The number of hydrogen-bond donors (Lipinski definition) is 10. The molecule has 23 heavy (non-hydrogen) atoms. The summed E-state index contributed by atoms with van der Waals surface area (Å²) in [6, 6.07) is 0. The highest BCUT2D eigenvalue weighted by molar-refractivity contribution is 7.69. The lowest BCUT2D eigenvalue weighted by atomic mass is 10.7. The number of carboxylic acids is 1. The van der Waals surface area contributed by atoms with Gasteiger partial charge in [-0.05, 0) is 0 Å². The predicted molar refractivity (Wildman–Crippen MR) is 74.6 cm³/mol. The van der Waals surface area contributed by atoms with Crippen LogP contribution in [0.4, 0.5) is 0 Å². The van der Waals surface area contributed by atoms with Gasteiger partial charge in [0.25, 0.3) is 0 Å². The Morgan fingerprint density at radius 1 is 0.652 bits per heavy atom. The first-order valence-corrected chi connectivity index (χ1v) is 12.0. The maximum absolute atomic E-state index is 9.85. The fraction of sp³-hybridized carbons (Fsp3) is 0.750. The van der Waals surface area contributed by atoms with Crippen molar-refractivity contribution >= 4 is 36.4 Å². The van der Waals surface area contributed by atoms with E-state index in [4.69, 9.17) is 44.3 Å². The Kier molecular flexibility index (Phi) is 13.1. The zero-order valence-corrected chi connectivity index (χ0v) is 14.6. The number of carbonyl (C=O) groups is 1. The van der Waals surface area contributed by atoms with Crippen molar-refractivity contribution < 1.29 is 67.3 Å². The van der Waals surface area contributed by atoms with E-state index in [2.05, 4.69) is 5.73 Å². The van der Waals surface area contributed by atoms with Crippen molar-refractivity contribution in [3.8, 4) is 0 Å². The highest BCUT2D eigenvalue weighted by atomic mass is 31.2. The van der Waals surface area contributed by atoms with Crippen LogP contribution in [0.2, 0.25) is 0 Å². The van der Waals surface area contributed by atoms with Crippen molar-refractivity contribution in [3.05, 3.63) is 0 Å². The van der Waals surface area contributed by atoms with Gasteiger partial charge >= 0.3 is 36.4 Å². The van der Waals surface area contributed by atoms with Crippen LogP contribution in [0.3, 0.4) is 0 Å². The van der Waals surface area contributed by atoms with Gasteiger partial charge in [0.05, 0.1) is 6.54 Å². The van der Waals surface area contributed by atoms with Crippen LogP contribution in [0.5, 0.6) is 0 Å². The lowest BCUT2D eigenvalue weighted by molar-refractivity contribution is -0.135. The molecule has 0 saturated carbocycles. The summed E-state index contributed by atoms with van der Waals surface area (Å²) < 4.78 is 39.4. The predicted octanol–water partition coefficient (Wildman–Crippen LogP) is -2.37. The summed E-state index contributed by atoms with van der Waals surface area (Å²) in [5.74, 6) is -3.72. The van der Waals surface area contributed by atoms with E-state index in [0.29, 0.717) is 0 Å². The molecule has 0 aromatic heterocycles. The summed E-state index contributed by atoms with van der Waals surface area (Å²) in [6.45, 7) is -0.278. The van der Waals surface area contributed by atoms with Crippen LogP contribution in [0.15, 0.2) is 0 Å². The Morgan fingerprint density at radius 3 is 0.783 bits per heavy atom. The summed E-state index contributed by atoms with van der Waals surface area (Å²) in [5.41, 5.74) is 4.57. The van der Waals surface area contributed by atoms with Gasteiger partial charge in [0, 0.05) is 0 Å². The van der Waals surface area contributed by atoms with Gasteiger partial charge in [0.1, 0.15) is 0 Å². The fourth-order valence-corrected chi connectivity index (χ4v) is 4.32. The largest absolute Gasteiger partial charge is 0.480 e. The van der Waals surface area contributed by atoms with Crippen LogP contribution in [0.25, 0.3) is 0 Å². The SMILES string of the molecule is NCC(=O)O.O=P(O)(O)CP(=O)(O)O.O=P(O)(O)CP(=O)(O)O. The first-order valence-electron chi connectivity index (χ1n) is 4.78. The van der Waals surface area contributed by atoms with Gasteiger partial charge in [-0.3, -0.25) is 23.1 Å². The quantitative estimate of drug-likeness (QED) is 0.205. The van der Waals surface area contributed by atoms with E-state index in [1.807, 2.05) is 0 Å². The Hall–Kier alpha value is 0.0300. The van der Waals surface area contributed by atoms with Crippen molar-refractivity contribution in [1.29, 1.82) is 0 Å². The Balaban J connectivity index is -0.000000273. The molecule has 0 aliphatic carbocycles. The Bertz CT molecular complexity index is 451. The first-order chi connectivity index (χ1) is 9.68. The molecule has 0 saturated heterocycles. The van der Waals surface area contributed by atoms with Crippen LogP contribution < -0.4 is 5.73 Å². The zero-order chi connectivity index (χ0) is 19.7. The average molecular weight is 427 g/mol. The van der Waals surface area contributed by atoms with Gasteiger partial charge < -0.3 is 50.0 Å². The molecule has 0 bridgehead atoms. The minimum absolute atomic E-state index is 0.278. The van der Waals surface area contributed by atoms with E-state index in [-0.39, 0.29) is 6.54 Å². The van der Waals surface area contributed by atoms with Gasteiger partial charge in [-0.15, -0.1) is 0 Å². The molecule has 0 radical (unpaired) electrons. The van der Waals surface area contributed by atoms with E-state index in [1.165, 1.54) is 0 Å². The van der Waals surface area contributed by atoms with Gasteiger partial charge in [-0.2, -0.15) is 0 Å². The van der Waals surface area contributed by atoms with E-state index < -0.39 is 48.2 Å². The average Bonchev–Trinajstić information content (AvgIpc) is 2.06. The lowest BCUT2D eigenvalue weighted by Crippen LogP contribution is -2.10. The molecule has 0 aliphatic rings. The zero-order valence-electron chi connectivity index (χ0n) is 11.1. The van der Waals surface area contributed by atoms with Gasteiger partial charge in [-0.25, -0.2) is 0 Å². The number of rotatable bonds is 5. The van der Waals surface area contributed by atoms with Crippen LogP contribution in [-0.4, -0.2) is 68.6 Å². The van der Waals surface area contributed by atoms with Crippen molar-refractivity contribution in [2.75, 3.05) is 18.4 Å². The molecule has 0 rings (SSSR count). The van der Waals surface area contributed by atoms with E-state index in [1.54, 1.807) is 0 Å². The lowest BCUT2D eigenvalue weighted by Gasteiger charge is -2.03. The molecule has 0 atom stereocenters. The summed E-state index contributed by atoms with van der Waals surface area (Å²) in [7, 11) is -18.2. The molecule has 0 aliphatic heterocycles. The highest BCUT2D eigenvalue weighted by Gasteiger charge is 2.27. The Morgan fingerprint density at radius 2 is 0.783 bits per heavy atom.